The van der Waals surface area contributed by atoms with Crippen molar-refractivity contribution in [2.45, 2.75) is 31.4 Å². The van der Waals surface area contributed by atoms with Gasteiger partial charge in [0.05, 0.1) is 25.3 Å². The van der Waals surface area contributed by atoms with Gasteiger partial charge in [0.1, 0.15) is 6.10 Å². The van der Waals surface area contributed by atoms with Crippen LogP contribution in [-0.2, 0) is 16.6 Å². The van der Waals surface area contributed by atoms with E-state index >= 15 is 0 Å². The van der Waals surface area contributed by atoms with Gasteiger partial charge in [-0.25, -0.2) is 0 Å². The summed E-state index contributed by atoms with van der Waals surface area (Å²) < 4.78 is 7.53. The van der Waals surface area contributed by atoms with Crippen molar-refractivity contribution in [3.8, 4) is 0 Å². The van der Waals surface area contributed by atoms with E-state index in [0.29, 0.717) is 19.7 Å². The third-order valence-corrected chi connectivity index (χ3v) is 4.36. The van der Waals surface area contributed by atoms with Gasteiger partial charge in [-0.05, 0) is 12.8 Å². The number of hydrogen-bond donors (Lipinski definition) is 1. The second-order valence-electron chi connectivity index (χ2n) is 5.79. The third-order valence-electron chi connectivity index (χ3n) is 4.36. The van der Waals surface area contributed by atoms with Crippen LogP contribution in [0.5, 0.6) is 0 Å². The summed E-state index contributed by atoms with van der Waals surface area (Å²) in [5.74, 6) is 0.204. The lowest BCUT2D eigenvalue weighted by molar-refractivity contribution is -0.143. The largest absolute Gasteiger partial charge is 0.370 e. The Labute approximate surface area is 118 Å². The Bertz CT molecular complexity index is 487. The van der Waals surface area contributed by atoms with Gasteiger partial charge in [0, 0.05) is 31.4 Å². The molecular formula is C14H22N4O2. The minimum absolute atomic E-state index is 0.00245. The molecule has 1 saturated heterocycles. The number of carbonyl (C=O) groups excluding carboxylic acids is 1. The lowest BCUT2D eigenvalue weighted by Crippen LogP contribution is -2.47. The predicted molar refractivity (Wildman–Crippen MR) is 73.8 cm³/mol. The van der Waals surface area contributed by atoms with Crippen molar-refractivity contribution in [1.82, 2.24) is 14.7 Å². The summed E-state index contributed by atoms with van der Waals surface area (Å²) in [5, 5.41) is 4.16. The van der Waals surface area contributed by atoms with Crippen LogP contribution in [0.25, 0.3) is 0 Å². The van der Waals surface area contributed by atoms with E-state index in [4.69, 9.17) is 10.5 Å². The average molecular weight is 278 g/mol. The van der Waals surface area contributed by atoms with Gasteiger partial charge >= 0.3 is 0 Å². The molecule has 1 aromatic rings. The van der Waals surface area contributed by atoms with Gasteiger partial charge < -0.3 is 15.4 Å². The number of ether oxygens (including phenoxy) is 1. The van der Waals surface area contributed by atoms with Crippen molar-refractivity contribution in [1.29, 1.82) is 0 Å². The van der Waals surface area contributed by atoms with Crippen LogP contribution in [0.2, 0.25) is 0 Å². The van der Waals surface area contributed by atoms with E-state index < -0.39 is 0 Å². The van der Waals surface area contributed by atoms with Gasteiger partial charge in [-0.2, -0.15) is 5.10 Å². The maximum atomic E-state index is 12.6. The summed E-state index contributed by atoms with van der Waals surface area (Å²) in [7, 11) is 1.88. The highest BCUT2D eigenvalue weighted by Gasteiger charge is 2.35. The lowest BCUT2D eigenvalue weighted by atomic mass is 10.0. The molecule has 1 aliphatic heterocycles. The van der Waals surface area contributed by atoms with E-state index in [1.165, 1.54) is 0 Å². The lowest BCUT2D eigenvalue weighted by Gasteiger charge is -2.34. The van der Waals surface area contributed by atoms with Crippen molar-refractivity contribution in [2.24, 2.45) is 18.7 Å². The van der Waals surface area contributed by atoms with E-state index in [1.807, 2.05) is 18.1 Å². The summed E-state index contributed by atoms with van der Waals surface area (Å²) in [5.41, 5.74) is 7.07. The third kappa shape index (κ3) is 2.58. The van der Waals surface area contributed by atoms with Crippen LogP contribution < -0.4 is 5.73 Å². The molecule has 0 bridgehead atoms. The fraction of sp³-hybridized carbons (Fsp3) is 0.714. The smallest absolute Gasteiger partial charge is 0.227 e. The molecule has 6 heteroatoms. The van der Waals surface area contributed by atoms with Crippen molar-refractivity contribution < 1.29 is 9.53 Å². The molecule has 0 radical (unpaired) electrons. The molecule has 0 aromatic carbocycles. The fourth-order valence-electron chi connectivity index (χ4n) is 3.19. The Morgan fingerprint density at radius 1 is 1.50 bits per heavy atom. The van der Waals surface area contributed by atoms with E-state index in [1.54, 1.807) is 10.9 Å². The van der Waals surface area contributed by atoms with Crippen LogP contribution in [0.3, 0.4) is 0 Å². The first-order valence-corrected chi connectivity index (χ1v) is 7.29. The van der Waals surface area contributed by atoms with Crippen LogP contribution in [0.15, 0.2) is 12.4 Å². The molecule has 0 unspecified atom stereocenters. The highest BCUT2D eigenvalue weighted by Crippen LogP contribution is 2.28. The standard InChI is InChI=1S/C14H22N4O2/c1-17-8-10(7-16-17)13-9-18(5-6-20-13)14(19)11-3-2-4-12(11)15/h7-8,11-13H,2-6,9,15H2,1H3/t11-,12+,13-/m0/s1. The number of amides is 1. The first kappa shape index (κ1) is 13.6. The molecule has 0 spiro atoms. The Kier molecular flexibility index (Phi) is 3.76. The van der Waals surface area contributed by atoms with Gasteiger partial charge in [-0.15, -0.1) is 0 Å². The molecule has 2 heterocycles. The molecule has 6 nitrogen and oxygen atoms in total. The molecule has 1 amide bonds. The molecule has 3 atom stereocenters. The van der Waals surface area contributed by atoms with Crippen molar-refractivity contribution >= 4 is 5.91 Å². The van der Waals surface area contributed by atoms with E-state index in [9.17, 15) is 4.79 Å². The van der Waals surface area contributed by atoms with E-state index in [-0.39, 0.29) is 24.0 Å². The quantitative estimate of drug-likeness (QED) is 0.852. The summed E-state index contributed by atoms with van der Waals surface area (Å²) in [6.07, 6.45) is 6.63. The normalized spacial score (nSPS) is 30.7. The first-order valence-electron chi connectivity index (χ1n) is 7.29. The van der Waals surface area contributed by atoms with Gasteiger partial charge in [-0.3, -0.25) is 9.48 Å². The fourth-order valence-corrected chi connectivity index (χ4v) is 3.19. The SMILES string of the molecule is Cn1cc([C@@H]2CN(C(=O)[C@H]3CCC[C@H]3N)CCO2)cn1. The van der Waals surface area contributed by atoms with Gasteiger partial charge in [0.2, 0.25) is 5.91 Å². The van der Waals surface area contributed by atoms with E-state index in [0.717, 1.165) is 24.8 Å². The minimum Gasteiger partial charge on any atom is -0.370 e. The monoisotopic (exact) mass is 278 g/mol. The van der Waals surface area contributed by atoms with E-state index in [2.05, 4.69) is 5.10 Å². The minimum atomic E-state index is -0.0703. The zero-order chi connectivity index (χ0) is 14.1. The summed E-state index contributed by atoms with van der Waals surface area (Å²) in [6, 6.07) is 0.0298. The molecule has 2 fully saturated rings. The first-order chi connectivity index (χ1) is 9.65. The van der Waals surface area contributed by atoms with Crippen LogP contribution in [0.4, 0.5) is 0 Å². The zero-order valence-electron chi connectivity index (χ0n) is 11.9. The summed E-state index contributed by atoms with van der Waals surface area (Å²) in [6.45, 7) is 1.85. The molecule has 1 aliphatic carbocycles. The Morgan fingerprint density at radius 2 is 2.35 bits per heavy atom. The van der Waals surface area contributed by atoms with Crippen LogP contribution in [-0.4, -0.2) is 46.3 Å². The maximum Gasteiger partial charge on any atom is 0.227 e. The number of nitrogens with zero attached hydrogens (tertiary/aromatic N) is 3. The highest BCUT2D eigenvalue weighted by molar-refractivity contribution is 5.80. The number of nitrogens with two attached hydrogens (primary N) is 1. The second kappa shape index (κ2) is 5.54. The number of hydrogen-bond acceptors (Lipinski definition) is 4. The summed E-state index contributed by atoms with van der Waals surface area (Å²) >= 11 is 0. The molecule has 3 rings (SSSR count). The number of aromatic nitrogens is 2. The number of morpholine rings is 1. The van der Waals surface area contributed by atoms with Crippen molar-refractivity contribution in [3.63, 3.8) is 0 Å². The molecule has 2 N–H and O–H groups in total. The molecule has 1 saturated carbocycles. The predicted octanol–water partition coefficient (Wildman–Crippen LogP) is 0.447. The average Bonchev–Trinajstić information content (AvgIpc) is 3.07. The van der Waals surface area contributed by atoms with Crippen LogP contribution in [0.1, 0.15) is 30.9 Å². The molecule has 2 aliphatic rings. The van der Waals surface area contributed by atoms with Crippen LogP contribution >= 0.6 is 0 Å². The van der Waals surface area contributed by atoms with Gasteiger partial charge in [0.25, 0.3) is 0 Å². The Hall–Kier alpha value is -1.40. The van der Waals surface area contributed by atoms with Gasteiger partial charge in [-0.1, -0.05) is 6.42 Å². The zero-order valence-corrected chi connectivity index (χ0v) is 11.9. The molecule has 110 valence electrons. The Balaban J connectivity index is 1.67. The molecule has 1 aromatic heterocycles. The van der Waals surface area contributed by atoms with Gasteiger partial charge in [0.15, 0.2) is 0 Å². The van der Waals surface area contributed by atoms with Crippen LogP contribution in [0, 0.1) is 5.92 Å². The number of aryl methyl sites for hydroxylation is 1. The van der Waals surface area contributed by atoms with Crippen molar-refractivity contribution in [2.75, 3.05) is 19.7 Å². The second-order valence-corrected chi connectivity index (χ2v) is 5.79. The molecule has 20 heavy (non-hydrogen) atoms. The van der Waals surface area contributed by atoms with Crippen molar-refractivity contribution in [3.05, 3.63) is 18.0 Å². The summed E-state index contributed by atoms with van der Waals surface area (Å²) in [4.78, 5) is 14.5. The number of rotatable bonds is 2. The number of carbonyl (C=O) groups is 1. The highest BCUT2D eigenvalue weighted by atomic mass is 16.5. The topological polar surface area (TPSA) is 73.4 Å². The maximum absolute atomic E-state index is 12.6. The molecular weight excluding hydrogens is 256 g/mol. The Morgan fingerprint density at radius 3 is 3.00 bits per heavy atom.